The largest absolute Gasteiger partial charge is 0.481 e. The van der Waals surface area contributed by atoms with Crippen molar-refractivity contribution in [3.8, 4) is 11.4 Å². The number of aromatic nitrogens is 2. The molecule has 4 rings (SSSR count). The zero-order valence-electron chi connectivity index (χ0n) is 14.1. The van der Waals surface area contributed by atoms with E-state index in [0.29, 0.717) is 12.2 Å². The minimum absolute atomic E-state index is 0.00214. The molecule has 8 heteroatoms. The summed E-state index contributed by atoms with van der Waals surface area (Å²) < 4.78 is 27.1. The van der Waals surface area contributed by atoms with Crippen molar-refractivity contribution in [1.29, 1.82) is 0 Å². The van der Waals surface area contributed by atoms with E-state index in [9.17, 15) is 18.3 Å². The number of aliphatic carboxylic acids is 1. The highest BCUT2D eigenvalue weighted by Crippen LogP contribution is 2.50. The molecule has 0 bridgehead atoms. The van der Waals surface area contributed by atoms with Crippen LogP contribution >= 0.6 is 0 Å². The van der Waals surface area contributed by atoms with E-state index in [0.717, 1.165) is 18.4 Å². The number of rotatable bonds is 4. The molecule has 1 N–H and O–H groups in total. The highest BCUT2D eigenvalue weighted by atomic mass is 32.2. The number of nitrogens with zero attached hydrogens (tertiary/aromatic N) is 3. The summed E-state index contributed by atoms with van der Waals surface area (Å²) in [5.74, 6) is -0.572. The number of hydrogen-bond acceptors (Lipinski definition) is 5. The topological polar surface area (TPSA) is 100 Å². The Morgan fingerprint density at radius 2 is 1.88 bits per heavy atom. The van der Waals surface area contributed by atoms with Crippen LogP contribution in [0.5, 0.6) is 0 Å². The normalized spacial score (nSPS) is 25.9. The highest BCUT2D eigenvalue weighted by molar-refractivity contribution is 7.89. The van der Waals surface area contributed by atoms with E-state index in [1.54, 1.807) is 0 Å². The lowest BCUT2D eigenvalue weighted by molar-refractivity contribution is -0.149. The molecular formula is C18H19N3O4S. The van der Waals surface area contributed by atoms with Gasteiger partial charge in [0, 0.05) is 18.7 Å². The first-order valence-corrected chi connectivity index (χ1v) is 9.98. The van der Waals surface area contributed by atoms with Crippen molar-refractivity contribution in [2.24, 2.45) is 11.3 Å². The predicted octanol–water partition coefficient (Wildman–Crippen LogP) is 2.02. The van der Waals surface area contributed by atoms with Gasteiger partial charge in [0.1, 0.15) is 4.90 Å². The van der Waals surface area contributed by atoms with Gasteiger partial charge in [-0.25, -0.2) is 18.4 Å². The first-order valence-electron chi connectivity index (χ1n) is 8.54. The summed E-state index contributed by atoms with van der Waals surface area (Å²) in [6, 6.07) is 9.30. The van der Waals surface area contributed by atoms with Crippen LogP contribution < -0.4 is 0 Å². The summed E-state index contributed by atoms with van der Waals surface area (Å²) in [4.78, 5) is 20.1. The maximum atomic E-state index is 12.9. The van der Waals surface area contributed by atoms with Gasteiger partial charge in [-0.05, 0) is 18.8 Å². The van der Waals surface area contributed by atoms with E-state index in [1.165, 1.54) is 16.7 Å². The predicted molar refractivity (Wildman–Crippen MR) is 93.6 cm³/mol. The lowest BCUT2D eigenvalue weighted by Gasteiger charge is -2.23. The first-order chi connectivity index (χ1) is 12.4. The van der Waals surface area contributed by atoms with Gasteiger partial charge in [0.15, 0.2) is 5.82 Å². The summed E-state index contributed by atoms with van der Waals surface area (Å²) in [6.07, 6.45) is 4.71. The molecule has 2 aromatic rings. The Bertz CT molecular complexity index is 931. The number of fused-ring (bicyclic) bond motifs is 1. The van der Waals surface area contributed by atoms with E-state index < -0.39 is 21.4 Å². The summed E-state index contributed by atoms with van der Waals surface area (Å²) in [5, 5.41) is 9.64. The molecule has 2 fully saturated rings. The smallest absolute Gasteiger partial charge is 0.311 e. The quantitative estimate of drug-likeness (QED) is 0.880. The molecule has 2 aliphatic rings. The maximum Gasteiger partial charge on any atom is 0.311 e. The van der Waals surface area contributed by atoms with E-state index in [4.69, 9.17) is 0 Å². The molecule has 1 aliphatic carbocycles. The average Bonchev–Trinajstić information content (AvgIpc) is 3.21. The molecule has 0 unspecified atom stereocenters. The van der Waals surface area contributed by atoms with Crippen molar-refractivity contribution in [2.45, 2.75) is 24.2 Å². The molecule has 1 aromatic carbocycles. The van der Waals surface area contributed by atoms with Gasteiger partial charge < -0.3 is 5.11 Å². The maximum absolute atomic E-state index is 12.9. The second kappa shape index (κ2) is 6.14. The van der Waals surface area contributed by atoms with E-state index in [1.807, 2.05) is 30.3 Å². The molecule has 1 saturated carbocycles. The number of carboxylic acids is 1. The molecule has 1 aliphatic heterocycles. The summed E-state index contributed by atoms with van der Waals surface area (Å²) >= 11 is 0. The number of sulfonamides is 1. The van der Waals surface area contributed by atoms with Crippen LogP contribution in [0.2, 0.25) is 0 Å². The molecule has 2 heterocycles. The van der Waals surface area contributed by atoms with Gasteiger partial charge in [0.2, 0.25) is 10.0 Å². The van der Waals surface area contributed by atoms with Crippen LogP contribution in [-0.4, -0.2) is 46.9 Å². The van der Waals surface area contributed by atoms with Gasteiger partial charge in [0.05, 0.1) is 17.8 Å². The monoisotopic (exact) mass is 373 g/mol. The number of carboxylic acid groups (broad SMARTS) is 1. The molecule has 2 atom stereocenters. The third-order valence-corrected chi connectivity index (χ3v) is 7.33. The molecule has 7 nitrogen and oxygen atoms in total. The van der Waals surface area contributed by atoms with Crippen molar-refractivity contribution in [2.75, 3.05) is 13.1 Å². The Labute approximate surface area is 151 Å². The molecular weight excluding hydrogens is 354 g/mol. The minimum atomic E-state index is -3.81. The number of carbonyl (C=O) groups is 1. The van der Waals surface area contributed by atoms with E-state index in [2.05, 4.69) is 9.97 Å². The molecule has 1 saturated heterocycles. The van der Waals surface area contributed by atoms with Crippen molar-refractivity contribution in [3.05, 3.63) is 42.7 Å². The fraction of sp³-hybridized carbons (Fsp3) is 0.389. The first kappa shape index (κ1) is 17.1. The van der Waals surface area contributed by atoms with Crippen molar-refractivity contribution in [1.82, 2.24) is 14.3 Å². The Balaban J connectivity index is 1.61. The Morgan fingerprint density at radius 1 is 1.19 bits per heavy atom. The van der Waals surface area contributed by atoms with Crippen molar-refractivity contribution in [3.63, 3.8) is 0 Å². The highest BCUT2D eigenvalue weighted by Gasteiger charge is 2.57. The van der Waals surface area contributed by atoms with Gasteiger partial charge >= 0.3 is 5.97 Å². The third kappa shape index (κ3) is 2.60. The zero-order chi connectivity index (χ0) is 18.4. The second-order valence-corrected chi connectivity index (χ2v) is 8.89. The fourth-order valence-electron chi connectivity index (χ4n) is 4.11. The van der Waals surface area contributed by atoms with Gasteiger partial charge in [-0.15, -0.1) is 0 Å². The van der Waals surface area contributed by atoms with Crippen molar-refractivity contribution < 1.29 is 18.3 Å². The standard InChI is InChI=1S/C18H19N3O4S/c22-17(23)18-8-4-7-14(18)11-21(12-18)26(24,25)15-9-19-16(20-10-15)13-5-2-1-3-6-13/h1-3,5-6,9-10,14H,4,7-8,11-12H2,(H,22,23)/t14-,18+/m0/s1. The second-order valence-electron chi connectivity index (χ2n) is 6.96. The van der Waals surface area contributed by atoms with Crippen LogP contribution in [0.15, 0.2) is 47.6 Å². The van der Waals surface area contributed by atoms with Gasteiger partial charge in [-0.2, -0.15) is 4.31 Å². The van der Waals surface area contributed by atoms with Crippen LogP contribution in [-0.2, 0) is 14.8 Å². The van der Waals surface area contributed by atoms with Crippen LogP contribution in [0.4, 0.5) is 0 Å². The van der Waals surface area contributed by atoms with Crippen LogP contribution in [0.25, 0.3) is 11.4 Å². The van der Waals surface area contributed by atoms with Gasteiger partial charge in [0.25, 0.3) is 0 Å². The number of hydrogen-bond donors (Lipinski definition) is 1. The summed E-state index contributed by atoms with van der Waals surface area (Å²) in [5.41, 5.74) is -0.144. The average molecular weight is 373 g/mol. The van der Waals surface area contributed by atoms with E-state index in [-0.39, 0.29) is 23.9 Å². The summed E-state index contributed by atoms with van der Waals surface area (Å²) in [6.45, 7) is 0.269. The van der Waals surface area contributed by atoms with Crippen molar-refractivity contribution >= 4 is 16.0 Å². The Hall–Kier alpha value is -2.32. The molecule has 136 valence electrons. The van der Waals surface area contributed by atoms with Crippen LogP contribution in [0.3, 0.4) is 0 Å². The zero-order valence-corrected chi connectivity index (χ0v) is 14.9. The van der Waals surface area contributed by atoms with Crippen LogP contribution in [0.1, 0.15) is 19.3 Å². The Morgan fingerprint density at radius 3 is 2.50 bits per heavy atom. The Kier molecular flexibility index (Phi) is 4.04. The third-order valence-electron chi connectivity index (χ3n) is 5.56. The summed E-state index contributed by atoms with van der Waals surface area (Å²) in [7, 11) is -3.81. The molecule has 1 aromatic heterocycles. The molecule has 0 amide bonds. The lowest BCUT2D eigenvalue weighted by atomic mass is 9.81. The van der Waals surface area contributed by atoms with Gasteiger partial charge in [-0.3, -0.25) is 4.79 Å². The van der Waals surface area contributed by atoms with E-state index >= 15 is 0 Å². The fourth-order valence-corrected chi connectivity index (χ4v) is 5.56. The molecule has 0 radical (unpaired) electrons. The molecule has 26 heavy (non-hydrogen) atoms. The lowest BCUT2D eigenvalue weighted by Crippen LogP contribution is -2.37. The SMILES string of the molecule is O=C(O)[C@@]12CCC[C@H]1CN(S(=O)(=O)c1cnc(-c3ccccc3)nc1)C2. The molecule has 0 spiro atoms. The number of benzene rings is 1. The van der Waals surface area contributed by atoms with Crippen LogP contribution in [0, 0.1) is 11.3 Å². The van der Waals surface area contributed by atoms with Gasteiger partial charge in [-0.1, -0.05) is 36.8 Å². The minimum Gasteiger partial charge on any atom is -0.481 e.